The van der Waals surface area contributed by atoms with Crippen LogP contribution in [0.15, 0.2) is 17.0 Å². The molecule has 4 atom stereocenters. The van der Waals surface area contributed by atoms with E-state index < -0.39 is 35.9 Å². The summed E-state index contributed by atoms with van der Waals surface area (Å²) in [5.41, 5.74) is 0.166. The van der Waals surface area contributed by atoms with Gasteiger partial charge in [0.25, 0.3) is 5.91 Å². The lowest BCUT2D eigenvalue weighted by atomic mass is 9.82. The Labute approximate surface area is 243 Å². The van der Waals surface area contributed by atoms with E-state index in [0.29, 0.717) is 30.2 Å². The Morgan fingerprint density at radius 1 is 1.18 bits per heavy atom. The third kappa shape index (κ3) is 9.09. The van der Waals surface area contributed by atoms with Crippen LogP contribution >= 0.6 is 22.7 Å². The van der Waals surface area contributed by atoms with Crippen LogP contribution < -0.4 is 5.32 Å². The lowest BCUT2D eigenvalue weighted by molar-refractivity contribution is -0.148. The van der Waals surface area contributed by atoms with E-state index in [2.05, 4.69) is 15.3 Å². The van der Waals surface area contributed by atoms with Gasteiger partial charge >= 0.3 is 11.9 Å². The second kappa shape index (κ2) is 14.7. The Morgan fingerprint density at radius 2 is 1.90 bits per heavy atom. The van der Waals surface area contributed by atoms with E-state index in [4.69, 9.17) is 4.74 Å². The number of aliphatic carboxylic acids is 1. The van der Waals surface area contributed by atoms with Gasteiger partial charge in [0, 0.05) is 62.3 Å². The normalized spacial score (nSPS) is 16.4. The topological polar surface area (TPSA) is 139 Å². The monoisotopic (exact) mass is 592 g/mol. The average Bonchev–Trinajstić information content (AvgIpc) is 3.55. The van der Waals surface area contributed by atoms with E-state index in [-0.39, 0.29) is 30.0 Å². The Balaban J connectivity index is 1.73. The predicted molar refractivity (Wildman–Crippen MR) is 153 cm³/mol. The highest BCUT2D eigenvalue weighted by Crippen LogP contribution is 2.33. The molecule has 0 aliphatic heterocycles. The lowest BCUT2D eigenvalue weighted by Crippen LogP contribution is -2.42. The Morgan fingerprint density at radius 3 is 2.45 bits per heavy atom. The molecule has 220 valence electrons. The molecule has 40 heavy (non-hydrogen) atoms. The van der Waals surface area contributed by atoms with Crippen molar-refractivity contribution in [3.05, 3.63) is 32.7 Å². The molecule has 0 bridgehead atoms. The molecule has 1 fully saturated rings. The highest BCUT2D eigenvalue weighted by molar-refractivity contribution is 7.10. The number of esters is 1. The van der Waals surface area contributed by atoms with Gasteiger partial charge in [0.05, 0.1) is 10.9 Å². The third-order valence-corrected chi connectivity index (χ3v) is 9.18. The van der Waals surface area contributed by atoms with Gasteiger partial charge in [-0.1, -0.05) is 27.2 Å². The van der Waals surface area contributed by atoms with Crippen molar-refractivity contribution in [3.8, 4) is 0 Å². The number of rotatable bonds is 15. The number of carboxylic acid groups (broad SMARTS) is 1. The molecule has 2 aromatic heterocycles. The Hall–Kier alpha value is -2.86. The molecule has 0 saturated heterocycles. The van der Waals surface area contributed by atoms with Crippen molar-refractivity contribution < 1.29 is 29.0 Å². The molecular formula is C28H40N4O6S2. The van der Waals surface area contributed by atoms with Gasteiger partial charge in [0.15, 0.2) is 6.10 Å². The van der Waals surface area contributed by atoms with Crippen LogP contribution in [0, 0.1) is 17.8 Å². The number of carbonyl (C=O) groups is 4. The number of ether oxygens (including phenoxy) is 1. The molecule has 1 aliphatic rings. The zero-order chi connectivity index (χ0) is 29.4. The molecule has 10 nitrogen and oxygen atoms in total. The molecule has 1 saturated carbocycles. The maximum Gasteiger partial charge on any atom is 0.306 e. The molecule has 2 heterocycles. The van der Waals surface area contributed by atoms with Crippen molar-refractivity contribution in [2.75, 3.05) is 7.05 Å². The zero-order valence-corrected chi connectivity index (χ0v) is 25.4. The van der Waals surface area contributed by atoms with E-state index >= 15 is 0 Å². The first-order valence-electron chi connectivity index (χ1n) is 13.7. The van der Waals surface area contributed by atoms with Crippen LogP contribution in [0.4, 0.5) is 0 Å². The van der Waals surface area contributed by atoms with E-state index in [1.807, 2.05) is 19.2 Å². The summed E-state index contributed by atoms with van der Waals surface area (Å²) in [6, 6.07) is -0.627. The second-order valence-electron chi connectivity index (χ2n) is 11.0. The predicted octanol–water partition coefficient (Wildman–Crippen LogP) is 4.72. The highest BCUT2D eigenvalue weighted by Gasteiger charge is 2.32. The zero-order valence-electron chi connectivity index (χ0n) is 23.8. The number of carboxylic acids is 1. The van der Waals surface area contributed by atoms with Gasteiger partial charge in [-0.05, 0) is 31.1 Å². The van der Waals surface area contributed by atoms with Crippen molar-refractivity contribution in [1.82, 2.24) is 20.2 Å². The number of amides is 2. The fourth-order valence-electron chi connectivity index (χ4n) is 4.85. The number of hydrogen-bond donors (Lipinski definition) is 2. The smallest absolute Gasteiger partial charge is 0.306 e. The first-order chi connectivity index (χ1) is 18.9. The van der Waals surface area contributed by atoms with Crippen molar-refractivity contribution in [2.45, 2.75) is 90.8 Å². The molecule has 1 aliphatic carbocycles. The SMILES string of the molecule is CC(=O)OC(CC(C(C)C)N(C)C(=O)CC1CCC1)c1nc(C(=O)N[C@@H](Cc2nccs2)C[C@H](C)C(=O)O)cs1. The fraction of sp³-hybridized carbons (Fsp3) is 0.643. The van der Waals surface area contributed by atoms with Crippen LogP contribution in [0.25, 0.3) is 0 Å². The molecule has 2 unspecified atom stereocenters. The highest BCUT2D eigenvalue weighted by atomic mass is 32.1. The van der Waals surface area contributed by atoms with Crippen molar-refractivity contribution in [1.29, 1.82) is 0 Å². The molecule has 0 aromatic carbocycles. The molecule has 0 spiro atoms. The van der Waals surface area contributed by atoms with Gasteiger partial charge in [0.1, 0.15) is 10.7 Å². The Kier molecular flexibility index (Phi) is 11.6. The molecule has 0 radical (unpaired) electrons. The summed E-state index contributed by atoms with van der Waals surface area (Å²) in [6.07, 6.45) is 5.85. The number of hydrogen-bond acceptors (Lipinski definition) is 9. The number of aromatic nitrogens is 2. The van der Waals surface area contributed by atoms with Gasteiger partial charge < -0.3 is 20.1 Å². The van der Waals surface area contributed by atoms with Crippen molar-refractivity contribution in [3.63, 3.8) is 0 Å². The standard InChI is InChI=1S/C28H40N4O6S2/c1-16(2)22(32(5)25(34)12-19-7-6-8-19)14-23(38-18(4)33)27-31-21(15-40-27)26(35)30-20(11-17(3)28(36)37)13-24-29-9-10-39-24/h9-10,15-17,19-20,22-23H,6-8,11-14H2,1-5H3,(H,30,35)(H,36,37)/t17-,20+,22?,23?/m0/s1. The number of thiazole rings is 2. The number of nitrogens with zero attached hydrogens (tertiary/aromatic N) is 3. The van der Waals surface area contributed by atoms with Crippen LogP contribution in [0.1, 0.15) is 92.8 Å². The summed E-state index contributed by atoms with van der Waals surface area (Å²) >= 11 is 2.66. The quantitative estimate of drug-likeness (QED) is 0.283. The fourth-order valence-corrected chi connectivity index (χ4v) is 6.39. The van der Waals surface area contributed by atoms with Crippen molar-refractivity contribution in [2.24, 2.45) is 17.8 Å². The first kappa shape index (κ1) is 31.7. The lowest BCUT2D eigenvalue weighted by Gasteiger charge is -2.35. The maximum absolute atomic E-state index is 13.2. The van der Waals surface area contributed by atoms with Gasteiger partial charge in [-0.25, -0.2) is 9.97 Å². The minimum absolute atomic E-state index is 0.0889. The molecule has 2 N–H and O–H groups in total. The second-order valence-corrected chi connectivity index (χ2v) is 12.9. The van der Waals surface area contributed by atoms with Gasteiger partial charge in [-0.2, -0.15) is 0 Å². The molecule has 2 aromatic rings. The van der Waals surface area contributed by atoms with E-state index in [1.54, 1.807) is 30.4 Å². The van der Waals surface area contributed by atoms with Crippen LogP contribution in [-0.4, -0.2) is 62.9 Å². The minimum atomic E-state index is -0.936. The summed E-state index contributed by atoms with van der Waals surface area (Å²) in [7, 11) is 1.80. The number of carbonyl (C=O) groups excluding carboxylic acids is 3. The Bertz CT molecular complexity index is 1150. The van der Waals surface area contributed by atoms with Gasteiger partial charge in [-0.3, -0.25) is 19.2 Å². The van der Waals surface area contributed by atoms with Crippen LogP contribution in [0.5, 0.6) is 0 Å². The van der Waals surface area contributed by atoms with E-state index in [0.717, 1.165) is 17.8 Å². The van der Waals surface area contributed by atoms with Crippen LogP contribution in [0.3, 0.4) is 0 Å². The maximum atomic E-state index is 13.2. The summed E-state index contributed by atoms with van der Waals surface area (Å²) in [6.45, 7) is 7.00. The number of nitrogens with one attached hydrogen (secondary N) is 1. The average molecular weight is 593 g/mol. The van der Waals surface area contributed by atoms with Gasteiger partial charge in [0.2, 0.25) is 5.91 Å². The molecule has 2 amide bonds. The largest absolute Gasteiger partial charge is 0.481 e. The molecule has 3 rings (SSSR count). The van der Waals surface area contributed by atoms with Crippen LogP contribution in [0.2, 0.25) is 0 Å². The van der Waals surface area contributed by atoms with Crippen molar-refractivity contribution >= 4 is 46.4 Å². The molecule has 12 heteroatoms. The summed E-state index contributed by atoms with van der Waals surface area (Å²) in [4.78, 5) is 60.2. The summed E-state index contributed by atoms with van der Waals surface area (Å²) < 4.78 is 5.65. The van der Waals surface area contributed by atoms with E-state index in [9.17, 15) is 24.3 Å². The third-order valence-electron chi connectivity index (χ3n) is 7.44. The summed E-state index contributed by atoms with van der Waals surface area (Å²) in [5, 5.41) is 17.0. The minimum Gasteiger partial charge on any atom is -0.481 e. The van der Waals surface area contributed by atoms with E-state index in [1.165, 1.54) is 36.0 Å². The first-order valence-corrected chi connectivity index (χ1v) is 15.5. The van der Waals surface area contributed by atoms with Crippen LogP contribution in [-0.2, 0) is 25.5 Å². The molecular weight excluding hydrogens is 552 g/mol. The van der Waals surface area contributed by atoms with Gasteiger partial charge in [-0.15, -0.1) is 22.7 Å². The summed E-state index contributed by atoms with van der Waals surface area (Å²) in [5.74, 6) is -1.84.